The third-order valence-corrected chi connectivity index (χ3v) is 12.3. The lowest BCUT2D eigenvalue weighted by Crippen LogP contribution is -2.58. The zero-order chi connectivity index (χ0) is 30.0. The minimum absolute atomic E-state index is 0.0846. The summed E-state index contributed by atoms with van der Waals surface area (Å²) in [5.41, 5.74) is 0.153. The molecule has 0 unspecified atom stereocenters. The van der Waals surface area contributed by atoms with Gasteiger partial charge < -0.3 is 15.7 Å². The molecule has 0 bridgehead atoms. The van der Waals surface area contributed by atoms with E-state index in [1.165, 1.54) is 0 Å². The number of fused-ring (bicyclic) bond motifs is 5. The molecule has 0 radical (unpaired) electrons. The number of unbranched alkanes of at least 4 members (excludes halogenated alkanes) is 3. The van der Waals surface area contributed by atoms with Gasteiger partial charge >= 0.3 is 0 Å². The predicted octanol–water partition coefficient (Wildman–Crippen LogP) is 6.14. The van der Waals surface area contributed by atoms with Gasteiger partial charge in [-0.15, -0.1) is 0 Å². The van der Waals surface area contributed by atoms with E-state index < -0.39 is 11.6 Å². The van der Waals surface area contributed by atoms with Crippen molar-refractivity contribution < 1.29 is 19.5 Å². The van der Waals surface area contributed by atoms with Crippen molar-refractivity contribution in [2.75, 3.05) is 6.54 Å². The minimum atomic E-state index is -0.930. The van der Waals surface area contributed by atoms with Gasteiger partial charge in [0.1, 0.15) is 11.8 Å². The zero-order valence-electron chi connectivity index (χ0n) is 26.3. The Morgan fingerprint density at radius 2 is 1.76 bits per heavy atom. The average molecular weight is 579 g/mol. The lowest BCUT2D eigenvalue weighted by Gasteiger charge is -2.61. The van der Waals surface area contributed by atoms with Gasteiger partial charge in [0.05, 0.1) is 5.60 Å². The SMILES string of the molecule is CCCCCCC(=O)N[C@@H](Cc1ccccc1)C(=O)NC[C@@]1(O)CC[C@@]2(C)[C@@H](CC[C@@H]3[C@@H]2CC[C@]2(C)C(=O)CC[C@@H]32)C1. The molecule has 4 fully saturated rings. The molecule has 1 aromatic carbocycles. The van der Waals surface area contributed by atoms with Crippen LogP contribution in [0.15, 0.2) is 30.3 Å². The summed E-state index contributed by atoms with van der Waals surface area (Å²) in [7, 11) is 0. The number of hydrogen-bond acceptors (Lipinski definition) is 4. The van der Waals surface area contributed by atoms with E-state index in [9.17, 15) is 19.5 Å². The number of carbonyl (C=O) groups excluding carboxylic acids is 3. The Bertz CT molecular complexity index is 1120. The van der Waals surface area contributed by atoms with Gasteiger partial charge in [-0.05, 0) is 92.4 Å². The normalized spacial score (nSPS) is 36.3. The van der Waals surface area contributed by atoms with E-state index in [1.54, 1.807) is 0 Å². The molecule has 6 heteroatoms. The molecule has 3 N–H and O–H groups in total. The van der Waals surface area contributed by atoms with Crippen molar-refractivity contribution in [2.45, 2.75) is 129 Å². The van der Waals surface area contributed by atoms with Crippen LogP contribution in [-0.4, -0.2) is 40.9 Å². The van der Waals surface area contributed by atoms with Crippen molar-refractivity contribution in [3.8, 4) is 0 Å². The molecule has 8 atom stereocenters. The number of ketones is 1. The molecule has 42 heavy (non-hydrogen) atoms. The second-order valence-corrected chi connectivity index (χ2v) is 14.8. The van der Waals surface area contributed by atoms with Crippen LogP contribution in [0.3, 0.4) is 0 Å². The highest BCUT2D eigenvalue weighted by molar-refractivity contribution is 5.88. The van der Waals surface area contributed by atoms with Crippen LogP contribution >= 0.6 is 0 Å². The molecule has 4 aliphatic carbocycles. The van der Waals surface area contributed by atoms with E-state index in [1.807, 2.05) is 30.3 Å². The van der Waals surface area contributed by atoms with Crippen LogP contribution in [0, 0.1) is 34.5 Å². The number of nitrogens with one attached hydrogen (secondary N) is 2. The molecule has 232 valence electrons. The molecule has 5 rings (SSSR count). The van der Waals surface area contributed by atoms with Crippen molar-refractivity contribution in [1.29, 1.82) is 0 Å². The number of Topliss-reactive ketones (excluding diaryl/α,β-unsaturated/α-hetero) is 1. The number of carbonyl (C=O) groups is 3. The van der Waals surface area contributed by atoms with Crippen LogP contribution in [0.5, 0.6) is 0 Å². The third-order valence-electron chi connectivity index (χ3n) is 12.3. The van der Waals surface area contributed by atoms with Crippen LogP contribution in [-0.2, 0) is 20.8 Å². The first kappa shape index (κ1) is 31.2. The fraction of sp³-hybridized carbons (Fsp3) is 0.750. The highest BCUT2D eigenvalue weighted by atomic mass is 16.3. The summed E-state index contributed by atoms with van der Waals surface area (Å²) in [5, 5.41) is 17.8. The van der Waals surface area contributed by atoms with E-state index >= 15 is 0 Å². The Balaban J connectivity index is 1.19. The quantitative estimate of drug-likeness (QED) is 0.275. The Kier molecular flexibility index (Phi) is 9.51. The first-order valence-electron chi connectivity index (χ1n) is 16.9. The maximum atomic E-state index is 13.5. The zero-order valence-corrected chi connectivity index (χ0v) is 26.3. The van der Waals surface area contributed by atoms with Crippen molar-refractivity contribution in [3.05, 3.63) is 35.9 Å². The standard InChI is InChI=1S/C36H54N2O4/c1-4-5-6-10-13-32(40)38-30(22-25-11-8-7-9-12-25)33(41)37-24-36(42)21-20-34(2)26(23-36)14-15-27-28-16-17-31(39)35(28,3)19-18-29(27)34/h7-9,11-12,26-30,42H,4-6,10,13-24H2,1-3H3,(H,37,41)(H,38,40)/t26-,27-,28-,29-,30-,34-,35-,36+/m0/s1. The summed E-state index contributed by atoms with van der Waals surface area (Å²) in [6.07, 6.45) is 13.5. The molecule has 1 aromatic rings. The highest BCUT2D eigenvalue weighted by Gasteiger charge is 2.61. The maximum Gasteiger partial charge on any atom is 0.243 e. The van der Waals surface area contributed by atoms with Crippen molar-refractivity contribution in [2.24, 2.45) is 34.5 Å². The molecule has 0 aromatic heterocycles. The minimum Gasteiger partial charge on any atom is -0.388 e. The van der Waals surface area contributed by atoms with Gasteiger partial charge in [0.2, 0.25) is 11.8 Å². The number of rotatable bonds is 11. The van der Waals surface area contributed by atoms with Crippen molar-refractivity contribution in [1.82, 2.24) is 10.6 Å². The average Bonchev–Trinajstić information content (AvgIpc) is 3.29. The van der Waals surface area contributed by atoms with Gasteiger partial charge in [0.25, 0.3) is 0 Å². The van der Waals surface area contributed by atoms with Gasteiger partial charge in [0.15, 0.2) is 0 Å². The van der Waals surface area contributed by atoms with Gasteiger partial charge in [-0.1, -0.05) is 70.4 Å². The van der Waals surface area contributed by atoms with E-state index in [2.05, 4.69) is 31.4 Å². The van der Waals surface area contributed by atoms with Crippen LogP contribution in [0.2, 0.25) is 0 Å². The first-order chi connectivity index (χ1) is 20.1. The van der Waals surface area contributed by atoms with Gasteiger partial charge in [-0.2, -0.15) is 0 Å². The Morgan fingerprint density at radius 1 is 0.976 bits per heavy atom. The van der Waals surface area contributed by atoms with E-state index in [-0.39, 0.29) is 29.2 Å². The summed E-state index contributed by atoms with van der Waals surface area (Å²) < 4.78 is 0. The molecule has 0 aliphatic heterocycles. The van der Waals surface area contributed by atoms with Crippen LogP contribution in [0.1, 0.15) is 116 Å². The Labute approximate surface area is 253 Å². The fourth-order valence-corrected chi connectivity index (χ4v) is 9.67. The predicted molar refractivity (Wildman–Crippen MR) is 166 cm³/mol. The second kappa shape index (κ2) is 12.8. The summed E-state index contributed by atoms with van der Waals surface area (Å²) in [4.78, 5) is 39.0. The van der Waals surface area contributed by atoms with Gasteiger partial charge in [-0.3, -0.25) is 14.4 Å². The van der Waals surface area contributed by atoms with Crippen LogP contribution in [0.25, 0.3) is 0 Å². The largest absolute Gasteiger partial charge is 0.388 e. The topological polar surface area (TPSA) is 95.5 Å². The third kappa shape index (κ3) is 6.34. The summed E-state index contributed by atoms with van der Waals surface area (Å²) >= 11 is 0. The molecule has 0 heterocycles. The van der Waals surface area contributed by atoms with E-state index in [4.69, 9.17) is 0 Å². The van der Waals surface area contributed by atoms with Crippen molar-refractivity contribution >= 4 is 17.6 Å². The Hall–Kier alpha value is -2.21. The molecular weight excluding hydrogens is 524 g/mol. The summed E-state index contributed by atoms with van der Waals surface area (Å²) in [6.45, 7) is 7.06. The second-order valence-electron chi connectivity index (χ2n) is 14.8. The van der Waals surface area contributed by atoms with E-state index in [0.717, 1.165) is 76.2 Å². The molecule has 4 aliphatic rings. The molecule has 6 nitrogen and oxygen atoms in total. The lowest BCUT2D eigenvalue weighted by atomic mass is 9.44. The van der Waals surface area contributed by atoms with Gasteiger partial charge in [-0.25, -0.2) is 0 Å². The highest BCUT2D eigenvalue weighted by Crippen LogP contribution is 2.66. The lowest BCUT2D eigenvalue weighted by molar-refractivity contribution is -0.154. The number of aliphatic hydroxyl groups is 1. The summed E-state index contributed by atoms with van der Waals surface area (Å²) in [5.74, 6) is 2.41. The Morgan fingerprint density at radius 3 is 2.52 bits per heavy atom. The first-order valence-corrected chi connectivity index (χ1v) is 16.9. The number of amides is 2. The fourth-order valence-electron chi connectivity index (χ4n) is 9.67. The van der Waals surface area contributed by atoms with Gasteiger partial charge in [0, 0.05) is 31.2 Å². The van der Waals surface area contributed by atoms with E-state index in [0.29, 0.717) is 55.1 Å². The van der Waals surface area contributed by atoms with Crippen LogP contribution in [0.4, 0.5) is 0 Å². The molecular formula is C36H54N2O4. The maximum absolute atomic E-state index is 13.5. The van der Waals surface area contributed by atoms with Crippen molar-refractivity contribution in [3.63, 3.8) is 0 Å². The molecule has 0 spiro atoms. The molecule has 4 saturated carbocycles. The number of benzene rings is 1. The summed E-state index contributed by atoms with van der Waals surface area (Å²) in [6, 6.07) is 9.15. The number of hydrogen-bond donors (Lipinski definition) is 3. The van der Waals surface area contributed by atoms with Crippen LogP contribution < -0.4 is 10.6 Å². The monoisotopic (exact) mass is 578 g/mol. The molecule has 2 amide bonds. The smallest absolute Gasteiger partial charge is 0.243 e. The molecule has 0 saturated heterocycles.